The van der Waals surface area contributed by atoms with Gasteiger partial charge in [-0.3, -0.25) is 0 Å². The maximum atomic E-state index is 13.5. The minimum absolute atomic E-state index is 0.00766. The molecule has 1 saturated heterocycles. The van der Waals surface area contributed by atoms with E-state index in [0.717, 1.165) is 12.5 Å². The Balaban J connectivity index is 1.67. The summed E-state index contributed by atoms with van der Waals surface area (Å²) in [5, 5.41) is 13.0. The Hall–Kier alpha value is -3.26. The SMILES string of the molecule is Cc1noc(-c2ccc(N3CCN(c4ncc(CO)c(C(F)(F)F)n4)C(C(C)C)C3)cc2S(C)(=O)=O)n1. The van der Waals surface area contributed by atoms with Crippen molar-refractivity contribution in [2.24, 2.45) is 5.92 Å². The maximum Gasteiger partial charge on any atom is 0.433 e. The van der Waals surface area contributed by atoms with Crippen LogP contribution in [0.1, 0.15) is 30.9 Å². The summed E-state index contributed by atoms with van der Waals surface area (Å²) in [6, 6.07) is 4.65. The predicted molar refractivity (Wildman–Crippen MR) is 129 cm³/mol. The number of aryl methyl sites for hydroxylation is 1. The lowest BCUT2D eigenvalue weighted by Crippen LogP contribution is -2.56. The van der Waals surface area contributed by atoms with E-state index in [1.54, 1.807) is 30.0 Å². The summed E-state index contributed by atoms with van der Waals surface area (Å²) >= 11 is 0. The summed E-state index contributed by atoms with van der Waals surface area (Å²) in [5.41, 5.74) is -0.614. The van der Waals surface area contributed by atoms with Crippen LogP contribution in [0.3, 0.4) is 0 Å². The predicted octanol–water partition coefficient (Wildman–Crippen LogP) is 3.10. The van der Waals surface area contributed by atoms with Crippen molar-refractivity contribution < 1.29 is 31.2 Å². The molecular weight excluding hydrogens is 513 g/mol. The Kier molecular flexibility index (Phi) is 7.16. The van der Waals surface area contributed by atoms with Crippen LogP contribution in [0.2, 0.25) is 0 Å². The van der Waals surface area contributed by atoms with Crippen LogP contribution in [0.4, 0.5) is 24.8 Å². The molecule has 1 aliphatic rings. The lowest BCUT2D eigenvalue weighted by atomic mass is 9.99. The van der Waals surface area contributed by atoms with Gasteiger partial charge in [0.1, 0.15) is 0 Å². The number of nitrogens with zero attached hydrogens (tertiary/aromatic N) is 6. The van der Waals surface area contributed by atoms with Crippen LogP contribution < -0.4 is 9.80 Å². The third kappa shape index (κ3) is 5.54. The second kappa shape index (κ2) is 9.89. The first kappa shape index (κ1) is 26.8. The highest BCUT2D eigenvalue weighted by Crippen LogP contribution is 2.34. The fraction of sp³-hybridized carbons (Fsp3) is 0.478. The van der Waals surface area contributed by atoms with Crippen molar-refractivity contribution in [1.82, 2.24) is 20.1 Å². The lowest BCUT2D eigenvalue weighted by Gasteiger charge is -2.44. The summed E-state index contributed by atoms with van der Waals surface area (Å²) in [5.74, 6) is 0.408. The van der Waals surface area contributed by atoms with Gasteiger partial charge in [0.25, 0.3) is 5.89 Å². The number of halogens is 3. The molecule has 3 aromatic rings. The highest BCUT2D eigenvalue weighted by molar-refractivity contribution is 7.90. The Labute approximate surface area is 212 Å². The van der Waals surface area contributed by atoms with Crippen molar-refractivity contribution in [3.05, 3.63) is 41.5 Å². The van der Waals surface area contributed by atoms with E-state index in [9.17, 15) is 26.7 Å². The van der Waals surface area contributed by atoms with Crippen molar-refractivity contribution in [2.75, 3.05) is 35.7 Å². The Bertz CT molecular complexity index is 1390. The molecule has 0 spiro atoms. The second-order valence-corrected chi connectivity index (χ2v) is 11.2. The van der Waals surface area contributed by atoms with Gasteiger partial charge in [0.2, 0.25) is 5.95 Å². The molecule has 0 saturated carbocycles. The summed E-state index contributed by atoms with van der Waals surface area (Å²) in [6.07, 6.45) is -2.63. The van der Waals surface area contributed by atoms with E-state index in [0.29, 0.717) is 36.7 Å². The second-order valence-electron chi connectivity index (χ2n) is 9.25. The van der Waals surface area contributed by atoms with Crippen LogP contribution >= 0.6 is 0 Å². The van der Waals surface area contributed by atoms with E-state index in [1.807, 2.05) is 18.7 Å². The molecule has 4 rings (SSSR count). The normalized spacial score (nSPS) is 17.1. The van der Waals surface area contributed by atoms with Crippen LogP contribution in [-0.2, 0) is 22.6 Å². The summed E-state index contributed by atoms with van der Waals surface area (Å²) in [4.78, 5) is 15.8. The standard InChI is InChI=1S/C23H27F3N6O4S/c1-13(2)18-11-31(7-8-32(18)22-27-10-15(12-33)20(29-22)23(24,25)26)16-5-6-17(19(9-16)37(4,34)35)21-28-14(3)30-36-21/h5-6,9-10,13,18,33H,7-8,11-12H2,1-4H3. The fourth-order valence-electron chi connectivity index (χ4n) is 4.36. The molecule has 0 aliphatic carbocycles. The zero-order valence-corrected chi connectivity index (χ0v) is 21.5. The lowest BCUT2D eigenvalue weighted by molar-refractivity contribution is -0.142. The van der Waals surface area contributed by atoms with Crippen LogP contribution in [-0.4, -0.2) is 65.6 Å². The molecule has 1 aromatic carbocycles. The molecule has 1 atom stereocenters. The summed E-state index contributed by atoms with van der Waals surface area (Å²) < 4.78 is 70.9. The topological polar surface area (TPSA) is 126 Å². The summed E-state index contributed by atoms with van der Waals surface area (Å²) in [6.45, 7) is 5.78. The van der Waals surface area contributed by atoms with Gasteiger partial charge < -0.3 is 19.4 Å². The van der Waals surface area contributed by atoms with Gasteiger partial charge in [0.05, 0.1) is 23.1 Å². The first-order valence-electron chi connectivity index (χ1n) is 11.5. The zero-order valence-electron chi connectivity index (χ0n) is 20.7. The molecule has 1 fully saturated rings. The minimum atomic E-state index is -4.73. The number of aromatic nitrogens is 4. The Morgan fingerprint density at radius 2 is 1.95 bits per heavy atom. The van der Waals surface area contributed by atoms with E-state index in [-0.39, 0.29) is 34.3 Å². The monoisotopic (exact) mass is 540 g/mol. The number of benzene rings is 1. The van der Waals surface area contributed by atoms with Crippen LogP contribution in [0, 0.1) is 12.8 Å². The smallest absolute Gasteiger partial charge is 0.392 e. The number of anilines is 2. The highest BCUT2D eigenvalue weighted by atomic mass is 32.2. The largest absolute Gasteiger partial charge is 0.433 e. The van der Waals surface area contributed by atoms with E-state index >= 15 is 0 Å². The average Bonchev–Trinajstić information content (AvgIpc) is 3.28. The first-order chi connectivity index (χ1) is 17.3. The number of sulfone groups is 1. The van der Waals surface area contributed by atoms with Crippen LogP contribution in [0.25, 0.3) is 11.5 Å². The van der Waals surface area contributed by atoms with Crippen molar-refractivity contribution in [3.8, 4) is 11.5 Å². The first-order valence-corrected chi connectivity index (χ1v) is 13.4. The van der Waals surface area contributed by atoms with Crippen molar-refractivity contribution >= 4 is 21.5 Å². The van der Waals surface area contributed by atoms with Crippen molar-refractivity contribution in [1.29, 1.82) is 0 Å². The third-order valence-electron chi connectivity index (χ3n) is 6.22. The number of aliphatic hydroxyl groups is 1. The molecule has 200 valence electrons. The van der Waals surface area contributed by atoms with Gasteiger partial charge in [-0.05, 0) is 31.0 Å². The van der Waals surface area contributed by atoms with Gasteiger partial charge in [-0.2, -0.15) is 18.2 Å². The van der Waals surface area contributed by atoms with Gasteiger partial charge >= 0.3 is 6.18 Å². The zero-order chi connectivity index (χ0) is 27.1. The molecule has 0 radical (unpaired) electrons. The molecule has 10 nitrogen and oxygen atoms in total. The number of alkyl halides is 3. The Morgan fingerprint density at radius 3 is 2.51 bits per heavy atom. The quantitative estimate of drug-likeness (QED) is 0.499. The minimum Gasteiger partial charge on any atom is -0.392 e. The molecule has 0 amide bonds. The van der Waals surface area contributed by atoms with Crippen molar-refractivity contribution in [2.45, 2.75) is 44.5 Å². The molecule has 3 heterocycles. The van der Waals surface area contributed by atoms with E-state index in [1.165, 1.54) is 0 Å². The van der Waals surface area contributed by atoms with Gasteiger partial charge in [-0.1, -0.05) is 19.0 Å². The van der Waals surface area contributed by atoms with E-state index < -0.39 is 28.3 Å². The van der Waals surface area contributed by atoms with Gasteiger partial charge in [0, 0.05) is 43.3 Å². The Morgan fingerprint density at radius 1 is 1.22 bits per heavy atom. The number of rotatable bonds is 6. The molecular formula is C23H27F3N6O4S. The highest BCUT2D eigenvalue weighted by Gasteiger charge is 2.38. The number of aliphatic hydroxyl groups excluding tert-OH is 1. The van der Waals surface area contributed by atoms with Gasteiger partial charge in [-0.25, -0.2) is 18.4 Å². The maximum absolute atomic E-state index is 13.5. The molecule has 1 N–H and O–H groups in total. The molecule has 37 heavy (non-hydrogen) atoms. The third-order valence-corrected chi connectivity index (χ3v) is 7.36. The molecule has 0 bridgehead atoms. The van der Waals surface area contributed by atoms with Crippen molar-refractivity contribution in [3.63, 3.8) is 0 Å². The molecule has 2 aromatic heterocycles. The average molecular weight is 541 g/mol. The van der Waals surface area contributed by atoms with E-state index in [4.69, 9.17) is 4.52 Å². The number of hydrogen-bond acceptors (Lipinski definition) is 10. The fourth-order valence-corrected chi connectivity index (χ4v) is 5.25. The van der Waals surface area contributed by atoms with Gasteiger partial charge in [-0.15, -0.1) is 0 Å². The summed E-state index contributed by atoms with van der Waals surface area (Å²) in [7, 11) is -3.65. The molecule has 14 heteroatoms. The van der Waals surface area contributed by atoms with E-state index in [2.05, 4.69) is 20.1 Å². The molecule has 1 unspecified atom stereocenters. The number of hydrogen-bond donors (Lipinski definition) is 1. The van der Waals surface area contributed by atoms with Crippen LogP contribution in [0.5, 0.6) is 0 Å². The number of piperazine rings is 1. The molecule has 1 aliphatic heterocycles. The van der Waals surface area contributed by atoms with Crippen LogP contribution in [0.15, 0.2) is 33.8 Å². The van der Waals surface area contributed by atoms with Gasteiger partial charge in [0.15, 0.2) is 21.4 Å².